The van der Waals surface area contributed by atoms with Crippen LogP contribution in [0.15, 0.2) is 30.6 Å². The summed E-state index contributed by atoms with van der Waals surface area (Å²) in [4.78, 5) is 0. The molecule has 0 bridgehead atoms. The van der Waals surface area contributed by atoms with Crippen molar-refractivity contribution in [2.75, 3.05) is 0 Å². The van der Waals surface area contributed by atoms with Crippen LogP contribution in [0.25, 0.3) is 0 Å². The molecule has 0 spiro atoms. The van der Waals surface area contributed by atoms with Crippen molar-refractivity contribution in [1.29, 1.82) is 0 Å². The lowest BCUT2D eigenvalue weighted by atomic mass is 10.1. The molecule has 14 heteroatoms. The molecule has 0 saturated carbocycles. The summed E-state index contributed by atoms with van der Waals surface area (Å²) in [6, 6.07) is 0. The first kappa shape index (κ1) is 20.4. The minimum absolute atomic E-state index is 0. The van der Waals surface area contributed by atoms with Gasteiger partial charge in [0.2, 0.25) is 17.9 Å². The lowest BCUT2D eigenvalue weighted by molar-refractivity contribution is 1.000. The molecule has 0 aliphatic rings. The molecule has 0 rings (SSSR count). The summed E-state index contributed by atoms with van der Waals surface area (Å²) in [5.74, 6) is -0.775. The minimum Gasteiger partial charge on any atom is -0.369 e. The fourth-order valence-electron chi connectivity index (χ4n) is 0.687. The summed E-state index contributed by atoms with van der Waals surface area (Å²) in [6.07, 6.45) is 3.35. The Bertz CT molecular complexity index is 405. The van der Waals surface area contributed by atoms with Crippen LogP contribution in [0.4, 0.5) is 0 Å². The van der Waals surface area contributed by atoms with Crippen LogP contribution in [-0.4, -0.2) is 42.1 Å². The number of hydrogen-bond acceptors (Lipinski definition) is 7. The van der Waals surface area contributed by atoms with Crippen LogP contribution >= 0.6 is 12.4 Å². The van der Waals surface area contributed by atoms with E-state index in [0.717, 1.165) is 18.6 Å². The highest BCUT2D eigenvalue weighted by Crippen LogP contribution is 1.92. The molecule has 0 fully saturated rings. The highest BCUT2D eigenvalue weighted by atomic mass is 35.5. The number of guanidine groups is 3. The van der Waals surface area contributed by atoms with Crippen LogP contribution in [-0.2, 0) is 0 Å². The smallest absolute Gasteiger partial charge is 0.211 e. The summed E-state index contributed by atoms with van der Waals surface area (Å²) in [6.45, 7) is 0. The van der Waals surface area contributed by atoms with Gasteiger partial charge in [-0.25, -0.2) is 0 Å². The van der Waals surface area contributed by atoms with Gasteiger partial charge in [-0.3, -0.25) is 0 Å². The van der Waals surface area contributed by atoms with Gasteiger partial charge in [-0.2, -0.15) is 15.3 Å². The Hall–Kier alpha value is -2.93. The number of hydrogen-bond donors (Lipinski definition) is 7. The lowest BCUT2D eigenvalue weighted by Gasteiger charge is -2.11. The average molecular weight is 320 g/mol. The van der Waals surface area contributed by atoms with Gasteiger partial charge >= 0.3 is 0 Å². The summed E-state index contributed by atoms with van der Waals surface area (Å²) >= 11 is 0. The summed E-state index contributed by atoms with van der Waals surface area (Å²) in [7, 11) is 0. The molecule has 0 aliphatic heterocycles. The van der Waals surface area contributed by atoms with E-state index in [2.05, 4.69) is 30.6 Å². The zero-order valence-electron chi connectivity index (χ0n) is 10.9. The Morgan fingerprint density at radius 3 is 1.05 bits per heavy atom. The third kappa shape index (κ3) is 11.9. The molecular formula is C7H18ClN13. The van der Waals surface area contributed by atoms with Crippen LogP contribution in [0, 0.1) is 0 Å². The van der Waals surface area contributed by atoms with Crippen molar-refractivity contribution < 1.29 is 0 Å². The van der Waals surface area contributed by atoms with Crippen LogP contribution in [0.1, 0.15) is 0 Å². The number of rotatable bonds is 6. The number of halogens is 1. The van der Waals surface area contributed by atoms with Gasteiger partial charge in [0, 0.05) is 0 Å². The molecular weight excluding hydrogens is 302 g/mol. The van der Waals surface area contributed by atoms with Crippen LogP contribution < -0.4 is 40.1 Å². The molecule has 118 valence electrons. The Balaban J connectivity index is 0. The maximum absolute atomic E-state index is 5.86. The predicted molar refractivity (Wildman–Crippen MR) is 87.1 cm³/mol. The maximum Gasteiger partial charge on any atom is 0.211 e. The van der Waals surface area contributed by atoms with Crippen molar-refractivity contribution in [1.82, 2.24) is 0 Å². The molecule has 0 radical (unpaired) electrons. The molecule has 14 N–H and O–H groups in total. The highest BCUT2D eigenvalue weighted by Gasteiger charge is 2.18. The number of nitrogens with two attached hydrogens (primary N) is 7. The topological polar surface area (TPSA) is 256 Å². The monoisotopic (exact) mass is 319 g/mol. The van der Waals surface area contributed by atoms with Crippen molar-refractivity contribution in [3.05, 3.63) is 0 Å². The Labute approximate surface area is 126 Å². The second kappa shape index (κ2) is 9.93. The normalized spacial score (nSPS) is 11.3. The molecule has 0 unspecified atom stereocenters. The van der Waals surface area contributed by atoms with Gasteiger partial charge in [0.1, 0.15) is 5.54 Å². The predicted octanol–water partition coefficient (Wildman–Crippen LogP) is -4.12. The minimum atomic E-state index is -1.42. The summed E-state index contributed by atoms with van der Waals surface area (Å²) in [5, 5.41) is 20.7. The molecule has 0 aromatic rings. The lowest BCUT2D eigenvalue weighted by Crippen LogP contribution is -2.45. The van der Waals surface area contributed by atoms with E-state index in [-0.39, 0.29) is 30.3 Å². The third-order valence-electron chi connectivity index (χ3n) is 1.36. The van der Waals surface area contributed by atoms with E-state index in [1.165, 1.54) is 0 Å². The molecule has 0 aromatic carbocycles. The SMILES string of the molecule is Cl.NC(N)=N/N=C/C(N)(/C=N/N=C(N)N)/C=N/N=C(N)N. The van der Waals surface area contributed by atoms with Gasteiger partial charge in [0.25, 0.3) is 0 Å². The largest absolute Gasteiger partial charge is 0.369 e. The van der Waals surface area contributed by atoms with Gasteiger partial charge in [0.05, 0.1) is 18.6 Å². The molecule has 21 heavy (non-hydrogen) atoms. The quantitative estimate of drug-likeness (QED) is 0.144. The summed E-state index contributed by atoms with van der Waals surface area (Å²) in [5.41, 5.74) is 35.0. The first-order chi connectivity index (χ1) is 9.25. The number of nitrogens with zero attached hydrogens (tertiary/aromatic N) is 6. The van der Waals surface area contributed by atoms with Crippen LogP contribution in [0.2, 0.25) is 0 Å². The van der Waals surface area contributed by atoms with E-state index >= 15 is 0 Å². The van der Waals surface area contributed by atoms with Gasteiger partial charge in [0.15, 0.2) is 0 Å². The van der Waals surface area contributed by atoms with Crippen LogP contribution in [0.3, 0.4) is 0 Å². The zero-order valence-corrected chi connectivity index (χ0v) is 11.7. The van der Waals surface area contributed by atoms with Crippen molar-refractivity contribution in [3.63, 3.8) is 0 Å². The Morgan fingerprint density at radius 2 is 0.857 bits per heavy atom. The molecule has 0 heterocycles. The maximum atomic E-state index is 5.86. The molecule has 0 saturated heterocycles. The van der Waals surface area contributed by atoms with Crippen molar-refractivity contribution >= 4 is 48.9 Å². The fourth-order valence-corrected chi connectivity index (χ4v) is 0.687. The van der Waals surface area contributed by atoms with Crippen LogP contribution in [0.5, 0.6) is 0 Å². The van der Waals surface area contributed by atoms with Gasteiger partial charge in [-0.1, -0.05) is 0 Å². The van der Waals surface area contributed by atoms with E-state index < -0.39 is 5.54 Å². The molecule has 0 atom stereocenters. The fraction of sp³-hybridized carbons (Fsp3) is 0.143. The molecule has 0 aromatic heterocycles. The van der Waals surface area contributed by atoms with E-state index in [1.807, 2.05) is 0 Å². The standard InChI is InChI=1S/C7H17N13.ClH/c8-4(9)18-15-1-7(14,2-16-19-5(10)11)3-17-20-6(12)13;/h1-3H,14H2,(H4,8,9,18)(H4,10,11,19)(H4,12,13,20);1H/b15-1+,16-2+,17-3+;. The van der Waals surface area contributed by atoms with E-state index in [9.17, 15) is 0 Å². The van der Waals surface area contributed by atoms with Gasteiger partial charge in [-0.15, -0.1) is 27.7 Å². The Kier molecular flexibility index (Phi) is 9.64. The second-order valence-corrected chi connectivity index (χ2v) is 3.31. The van der Waals surface area contributed by atoms with E-state index in [4.69, 9.17) is 40.1 Å². The molecule has 13 nitrogen and oxygen atoms in total. The molecule has 0 amide bonds. The zero-order chi connectivity index (χ0) is 15.6. The van der Waals surface area contributed by atoms with Gasteiger partial charge < -0.3 is 40.1 Å². The van der Waals surface area contributed by atoms with Crippen molar-refractivity contribution in [2.45, 2.75) is 5.54 Å². The average Bonchev–Trinajstić information content (AvgIpc) is 2.27. The Morgan fingerprint density at radius 1 is 0.619 bits per heavy atom. The van der Waals surface area contributed by atoms with Crippen molar-refractivity contribution in [3.8, 4) is 0 Å². The van der Waals surface area contributed by atoms with Crippen molar-refractivity contribution in [2.24, 2.45) is 70.7 Å². The first-order valence-corrected chi connectivity index (χ1v) is 4.93. The molecule has 0 aliphatic carbocycles. The third-order valence-corrected chi connectivity index (χ3v) is 1.36. The first-order valence-electron chi connectivity index (χ1n) is 4.93. The van der Waals surface area contributed by atoms with Gasteiger partial charge in [-0.05, 0) is 0 Å². The van der Waals surface area contributed by atoms with E-state index in [1.54, 1.807) is 0 Å². The highest BCUT2D eigenvalue weighted by molar-refractivity contribution is 6.12. The summed E-state index contributed by atoms with van der Waals surface area (Å²) < 4.78 is 0. The van der Waals surface area contributed by atoms with E-state index in [0.29, 0.717) is 0 Å². The second-order valence-electron chi connectivity index (χ2n) is 3.31.